The van der Waals surface area contributed by atoms with E-state index in [-0.39, 0.29) is 90.3 Å². The predicted octanol–water partition coefficient (Wildman–Crippen LogP) is -2.37. The predicted molar refractivity (Wildman–Crippen MR) is 321 cm³/mol. The molecule has 0 saturated heterocycles. The number of nitrogens with zero attached hydrogens (tertiary/aromatic N) is 2. The Morgan fingerprint density at radius 3 is 0.642 bits per heavy atom. The first-order valence-electron chi connectivity index (χ1n) is 23.5. The van der Waals surface area contributed by atoms with E-state index in [4.69, 9.17) is 123 Å². The van der Waals surface area contributed by atoms with Gasteiger partial charge < -0.3 is 132 Å². The minimum absolute atomic E-state index is 0.0880. The van der Waals surface area contributed by atoms with Crippen molar-refractivity contribution in [1.82, 2.24) is 0 Å². The summed E-state index contributed by atoms with van der Waals surface area (Å²) in [5.41, 5.74) is 0.176. The second-order valence-corrected chi connectivity index (χ2v) is 7.34. The van der Waals surface area contributed by atoms with Gasteiger partial charge in [0.15, 0.2) is 0 Å². The van der Waals surface area contributed by atoms with Crippen LogP contribution in [0.4, 0.5) is 0 Å². The molecule has 0 fully saturated rings. The lowest BCUT2D eigenvalue weighted by Crippen LogP contribution is -2.01. The zero-order chi connectivity index (χ0) is 73.2. The van der Waals surface area contributed by atoms with Crippen molar-refractivity contribution in [2.24, 2.45) is 4.99 Å². The summed E-state index contributed by atoms with van der Waals surface area (Å²) in [6.45, 7) is 31.6. The topological polar surface area (TPSA) is 597 Å². The third kappa shape index (κ3) is 2480. The fourth-order valence-electron chi connectivity index (χ4n) is 0.728. The molecule has 32 nitrogen and oxygen atoms in total. The first-order chi connectivity index (χ1) is 38.8. The molecular formula is C49H136N2O30. The number of hydrogen-bond acceptors (Lipinski definition) is 31. The zero-order valence-corrected chi connectivity index (χ0v) is 55.4. The molecule has 0 aromatic heterocycles. The van der Waals surface area contributed by atoms with E-state index >= 15 is 0 Å². The summed E-state index contributed by atoms with van der Waals surface area (Å²) in [5, 5.41) is 175. The maximum atomic E-state index is 10.4. The van der Waals surface area contributed by atoms with E-state index in [1.54, 1.807) is 76.2 Å². The first kappa shape index (κ1) is 171. The van der Waals surface area contributed by atoms with E-state index in [9.17, 15) is 19.2 Å². The fraction of sp³-hybridized carbons (Fsp3) is 0.857. The third-order valence-corrected chi connectivity index (χ3v) is 1.73. The molecule has 0 atom stereocenters. The molecule has 81 heavy (non-hydrogen) atoms. The minimum atomic E-state index is -0.935. The molecule has 0 aliphatic carbocycles. The summed E-state index contributed by atoms with van der Waals surface area (Å²) in [4.78, 5) is 42.0. The van der Waals surface area contributed by atoms with E-state index < -0.39 is 5.97 Å². The molecular weight excluding hydrogens is 1100 g/mol. The van der Waals surface area contributed by atoms with Gasteiger partial charge in [0.1, 0.15) is 0 Å². The molecule has 0 aliphatic heterocycles. The summed E-state index contributed by atoms with van der Waals surface area (Å²) in [6, 6.07) is 0. The highest BCUT2D eigenvalue weighted by molar-refractivity contribution is 5.84. The summed E-state index contributed by atoms with van der Waals surface area (Å²) in [5.74, 6) is -1.23. The van der Waals surface area contributed by atoms with Crippen LogP contribution in [0.3, 0.4) is 0 Å². The first-order valence-corrected chi connectivity index (χ1v) is 23.5. The molecule has 0 unspecified atom stereocenters. The summed E-state index contributed by atoms with van der Waals surface area (Å²) < 4.78 is 13.0. The molecule has 0 amide bonds. The van der Waals surface area contributed by atoms with Crippen LogP contribution in [-0.4, -0.2) is 313 Å². The number of aliphatic hydroxyl groups is 22. The number of isocyanates is 1. The fourth-order valence-corrected chi connectivity index (χ4v) is 0.728. The van der Waals surface area contributed by atoms with Crippen LogP contribution < -0.4 is 0 Å². The van der Waals surface area contributed by atoms with E-state index in [2.05, 4.69) is 25.8 Å². The quantitative estimate of drug-likeness (QED) is 0.0316. The number of esters is 2. The number of rotatable bonds is 7. The van der Waals surface area contributed by atoms with Gasteiger partial charge in [-0.2, -0.15) is 10.3 Å². The Morgan fingerprint density at radius 1 is 0.407 bits per heavy atom. The van der Waals surface area contributed by atoms with Gasteiger partial charge in [-0.15, -0.1) is 0 Å². The van der Waals surface area contributed by atoms with Gasteiger partial charge in [-0.05, 0) is 96.4 Å². The molecule has 0 aromatic carbocycles. The smallest absolute Gasteiger partial charge is 0.330 e. The zero-order valence-electron chi connectivity index (χ0n) is 55.4. The van der Waals surface area contributed by atoms with E-state index in [1.165, 1.54) is 26.2 Å². The number of carbonyl (C=O) groups excluding carboxylic acids is 3. The van der Waals surface area contributed by atoms with E-state index in [0.29, 0.717) is 19.6 Å². The average molecular weight is 1230 g/mol. The largest absolute Gasteiger partial charge is 0.478 e. The summed E-state index contributed by atoms with van der Waals surface area (Å²) in [6.07, 6.45) is 3.95. The molecule has 0 spiro atoms. The van der Waals surface area contributed by atoms with Gasteiger partial charge >= 0.3 is 17.9 Å². The lowest BCUT2D eigenvalue weighted by molar-refractivity contribution is -0.143. The maximum absolute atomic E-state index is 10.4. The van der Waals surface area contributed by atoms with E-state index in [1.807, 2.05) is 13.8 Å². The Balaban J connectivity index is -0.0000000165. The van der Waals surface area contributed by atoms with Gasteiger partial charge in [-0.25, -0.2) is 9.59 Å². The van der Waals surface area contributed by atoms with Crippen LogP contribution in [0.15, 0.2) is 17.1 Å². The van der Waals surface area contributed by atoms with Crippen LogP contribution in [0.5, 0.6) is 0 Å². The van der Waals surface area contributed by atoms with Gasteiger partial charge in [0, 0.05) is 170 Å². The Bertz CT molecular complexity index is 651. The summed E-state index contributed by atoms with van der Waals surface area (Å²) >= 11 is 0. The van der Waals surface area contributed by atoms with Gasteiger partial charge in [-0.1, -0.05) is 13.5 Å². The normalized spacial score (nSPS) is 5.58. The molecule has 0 bridgehead atoms. The number of aliphatic imine (C=N–C) groups is 1. The highest BCUT2D eigenvalue weighted by Crippen LogP contribution is 1.89. The molecule has 32 heteroatoms. The second-order valence-electron chi connectivity index (χ2n) is 7.34. The van der Waals surface area contributed by atoms with Crippen molar-refractivity contribution in [3.05, 3.63) is 12.2 Å². The Hall–Kier alpha value is -4.06. The molecule has 0 rings (SSSR count). The minimum Gasteiger partial charge on any atom is -0.478 e. The number of hydrogen-bond donors (Lipinski definition) is 23. The van der Waals surface area contributed by atoms with Crippen LogP contribution in [-0.2, 0) is 33.4 Å². The van der Waals surface area contributed by atoms with Crippen LogP contribution in [0.2, 0.25) is 0 Å². The van der Waals surface area contributed by atoms with Gasteiger partial charge in [0.25, 0.3) is 6.26 Å². The second kappa shape index (κ2) is 509. The lowest BCUT2D eigenvalue weighted by Gasteiger charge is -1.96. The number of nitriles is 1. The number of carboxylic acid groups (broad SMARTS) is 1. The average Bonchev–Trinajstić information content (AvgIpc) is 3.48. The van der Waals surface area contributed by atoms with Crippen LogP contribution in [0.1, 0.15) is 117 Å². The SMILES string of the molecule is C=C(C)C(=O)O.CCCC(=O)OCC.CCO.CCO.CCO.CCO.CCO.CCO.CCO.CCO.CCO.CCO.CCOC(C)=O.CO.CO.CO.CO.CO.CO.CO.CO.CO.CO.CO.CO.N#COCN=C=O. The van der Waals surface area contributed by atoms with Crippen molar-refractivity contribution in [2.45, 2.75) is 117 Å². The van der Waals surface area contributed by atoms with Crippen LogP contribution in [0, 0.1) is 11.5 Å². The number of carboxylic acids is 1. The molecule has 0 heterocycles. The Kier molecular flexibility index (Phi) is 1070. The van der Waals surface area contributed by atoms with Crippen LogP contribution in [0.25, 0.3) is 0 Å². The standard InChI is InChI=1S/C6H12O2.C4H8O2.C4H6O2.C3H2N2O2.10C2H6O.12CH4O/c1-3-5-6(7)8-4-2;1-3-6-4(2)5;1-3(2)4(5)6;4-1-7-3-5-2-6;10*1-2-3;12*1-2/h3-5H2,1-2H3;3H2,1-2H3;1H2,2H3,(H,5,6);3H2;10*3H,2H2,1H3;12*2H,1H3. The highest BCUT2D eigenvalue weighted by Gasteiger charge is 1.95. The molecule has 0 aromatic rings. The molecule has 522 valence electrons. The molecule has 0 radical (unpaired) electrons. The number of aliphatic hydroxyl groups excluding tert-OH is 22. The summed E-state index contributed by atoms with van der Waals surface area (Å²) in [7, 11) is 12.0. The van der Waals surface area contributed by atoms with E-state index in [0.717, 1.165) is 91.7 Å². The lowest BCUT2D eigenvalue weighted by atomic mass is 10.3. The van der Waals surface area contributed by atoms with Crippen molar-refractivity contribution < 1.29 is 151 Å². The van der Waals surface area contributed by atoms with Crippen molar-refractivity contribution in [1.29, 1.82) is 5.26 Å². The van der Waals surface area contributed by atoms with Crippen LogP contribution >= 0.6 is 0 Å². The maximum Gasteiger partial charge on any atom is 0.330 e. The molecule has 0 saturated carbocycles. The highest BCUT2D eigenvalue weighted by atomic mass is 16.5. The number of aliphatic carboxylic acids is 1. The van der Waals surface area contributed by atoms with Crippen molar-refractivity contribution in [3.63, 3.8) is 0 Å². The van der Waals surface area contributed by atoms with Crippen molar-refractivity contribution in [3.8, 4) is 6.26 Å². The third-order valence-electron chi connectivity index (χ3n) is 1.73. The Morgan fingerprint density at radius 2 is 0.568 bits per heavy atom. The number of ether oxygens (including phenoxy) is 3. The van der Waals surface area contributed by atoms with Gasteiger partial charge in [-0.3, -0.25) is 9.59 Å². The molecule has 23 N–H and O–H groups in total. The monoisotopic (exact) mass is 1230 g/mol. The van der Waals surface area contributed by atoms with Gasteiger partial charge in [0.05, 0.1) is 13.2 Å². The van der Waals surface area contributed by atoms with Gasteiger partial charge in [0.2, 0.25) is 12.8 Å². The molecule has 0 aliphatic rings. The van der Waals surface area contributed by atoms with Crippen molar-refractivity contribution in [2.75, 3.05) is 171 Å². The Labute approximate surface area is 490 Å². The van der Waals surface area contributed by atoms with Crippen molar-refractivity contribution >= 4 is 24.0 Å². The number of carbonyl (C=O) groups is 3.